The van der Waals surface area contributed by atoms with Gasteiger partial charge in [-0.05, 0) is 36.8 Å². The number of aliphatic hydroxyl groups excluding tert-OH is 1. The molecule has 12 heteroatoms. The minimum Gasteiger partial charge on any atom is -0.504 e. The number of carbonyl (C=O) groups excluding carboxylic acids is 1. The number of rotatable bonds is 9. The molecule has 0 saturated carbocycles. The molecule has 1 unspecified atom stereocenters. The van der Waals surface area contributed by atoms with Gasteiger partial charge in [0, 0.05) is 13.1 Å². The molecule has 3 rings (SSSR count). The first-order valence-corrected chi connectivity index (χ1v) is 11.5. The van der Waals surface area contributed by atoms with Crippen LogP contribution >= 0.6 is 11.6 Å². The number of hydroxylamine groups is 1. The van der Waals surface area contributed by atoms with Crippen molar-refractivity contribution in [1.29, 1.82) is 0 Å². The van der Waals surface area contributed by atoms with Crippen molar-refractivity contribution >= 4 is 33.1 Å². The van der Waals surface area contributed by atoms with Gasteiger partial charge in [0.15, 0.2) is 11.9 Å². The van der Waals surface area contributed by atoms with E-state index in [9.17, 15) is 23.4 Å². The largest absolute Gasteiger partial charge is 0.504 e. The molecule has 1 aliphatic carbocycles. The summed E-state index contributed by atoms with van der Waals surface area (Å²) in [6.07, 6.45) is -1.39. The number of hydrogen-bond donors (Lipinski definition) is 4. The van der Waals surface area contributed by atoms with Crippen molar-refractivity contribution in [3.63, 3.8) is 0 Å². The highest BCUT2D eigenvalue weighted by molar-refractivity contribution is 7.89. The topological polar surface area (TPSA) is 137 Å². The maximum atomic E-state index is 12.6. The predicted molar refractivity (Wildman–Crippen MR) is 121 cm³/mol. The molecule has 0 heterocycles. The molecule has 33 heavy (non-hydrogen) atoms. The van der Waals surface area contributed by atoms with Gasteiger partial charge < -0.3 is 25.6 Å². The molecule has 4 N–H and O–H groups in total. The third-order valence-corrected chi connectivity index (χ3v) is 7.38. The smallest absolute Gasteiger partial charge is 0.269 e. The van der Waals surface area contributed by atoms with E-state index < -0.39 is 32.6 Å². The zero-order valence-corrected chi connectivity index (χ0v) is 19.9. The number of aliphatic hydroxyl groups is 1. The van der Waals surface area contributed by atoms with E-state index in [1.165, 1.54) is 12.1 Å². The number of phenols is 1. The van der Waals surface area contributed by atoms with Gasteiger partial charge in [-0.2, -0.15) is 0 Å². The molecule has 1 aliphatic rings. The fourth-order valence-corrected chi connectivity index (χ4v) is 4.79. The minimum absolute atomic E-state index is 0.0155. The van der Waals surface area contributed by atoms with Crippen molar-refractivity contribution in [3.8, 4) is 11.5 Å². The number of methoxy groups -OCH3 is 1. The van der Waals surface area contributed by atoms with E-state index in [1.54, 1.807) is 13.2 Å². The van der Waals surface area contributed by atoms with Crippen molar-refractivity contribution in [2.45, 2.75) is 24.0 Å². The van der Waals surface area contributed by atoms with Crippen LogP contribution in [0.4, 0.5) is 5.69 Å². The maximum absolute atomic E-state index is 12.6. The lowest BCUT2D eigenvalue weighted by Crippen LogP contribution is -2.46. The summed E-state index contributed by atoms with van der Waals surface area (Å²) in [5.74, 6) is -0.670. The Morgan fingerprint density at radius 1 is 1.21 bits per heavy atom. The Bertz CT molecular complexity index is 1220. The van der Waals surface area contributed by atoms with E-state index in [1.807, 2.05) is 25.1 Å². The second-order valence-corrected chi connectivity index (χ2v) is 9.47. The normalized spacial score (nSPS) is 17.1. The highest BCUT2D eigenvalue weighted by Crippen LogP contribution is 2.40. The summed E-state index contributed by atoms with van der Waals surface area (Å²) in [6.45, 7) is 1.83. The number of aromatic hydroxyl groups is 1. The average molecular weight is 498 g/mol. The minimum atomic E-state index is -4.29. The average Bonchev–Trinajstić information content (AvgIpc) is 2.81. The molecule has 10 nitrogen and oxygen atoms in total. The van der Waals surface area contributed by atoms with E-state index in [0.29, 0.717) is 10.2 Å². The van der Waals surface area contributed by atoms with Crippen LogP contribution in [0.25, 0.3) is 0 Å². The molecule has 0 bridgehead atoms. The van der Waals surface area contributed by atoms with Crippen LogP contribution in [0.5, 0.6) is 11.5 Å². The fraction of sp³-hybridized carbons (Fsp3) is 0.286. The Morgan fingerprint density at radius 2 is 1.91 bits per heavy atom. The van der Waals surface area contributed by atoms with Crippen LogP contribution in [0.15, 0.2) is 52.7 Å². The van der Waals surface area contributed by atoms with Gasteiger partial charge in [0.05, 0.1) is 30.6 Å². The number of Topliss-reactive ketones (excluding diaryl/α,β-unsaturated/α-hetero) is 1. The molecule has 0 aromatic heterocycles. The van der Waals surface area contributed by atoms with Gasteiger partial charge in [-0.25, -0.2) is 8.42 Å². The summed E-state index contributed by atoms with van der Waals surface area (Å²) in [5, 5.41) is 26.4. The van der Waals surface area contributed by atoms with E-state index in [-0.39, 0.29) is 28.1 Å². The quantitative estimate of drug-likeness (QED) is 0.303. The fourth-order valence-electron chi connectivity index (χ4n) is 3.22. The number of carbonyl (C=O) groups is 1. The third kappa shape index (κ3) is 4.63. The maximum Gasteiger partial charge on any atom is 0.269 e. The van der Waals surface area contributed by atoms with Gasteiger partial charge in [-0.15, -0.1) is 0 Å². The molecule has 2 aromatic rings. The van der Waals surface area contributed by atoms with Crippen LogP contribution < -0.4 is 15.4 Å². The van der Waals surface area contributed by atoms with Crippen molar-refractivity contribution in [2.75, 3.05) is 26.6 Å². The van der Waals surface area contributed by atoms with E-state index in [0.717, 1.165) is 19.7 Å². The van der Waals surface area contributed by atoms with E-state index >= 15 is 0 Å². The number of phenolic OH excluding ortho intramolecular Hbond substituents is 1. The summed E-state index contributed by atoms with van der Waals surface area (Å²) < 4.78 is 31.1. The summed E-state index contributed by atoms with van der Waals surface area (Å²) >= 11 is 6.02. The van der Waals surface area contributed by atoms with Crippen LogP contribution in [0.2, 0.25) is 5.02 Å². The zero-order chi connectivity index (χ0) is 24.5. The molecule has 2 atom stereocenters. The number of sulfonamides is 1. The Kier molecular flexibility index (Phi) is 7.20. The Balaban J connectivity index is 1.94. The molecule has 178 valence electrons. The number of ether oxygens (including phenoxy) is 1. The molecule has 0 saturated heterocycles. The standard InChI is InChI=1S/C21H24ClN3O7S/c1-11(12-6-5-7-13(10-12)31-3)23-16-17(20(28)19(16)27)24-15-9-8-14(22)21(18(15)26)33(29,30)25(2)32-4/h5-11,19,23-24,26-27H,1-4H3/t11-,19?/m1/s1. The summed E-state index contributed by atoms with van der Waals surface area (Å²) in [5.41, 5.74) is 0.936. The first-order chi connectivity index (χ1) is 15.5. The monoisotopic (exact) mass is 497 g/mol. The van der Waals surface area contributed by atoms with Crippen LogP contribution in [0.3, 0.4) is 0 Å². The lowest BCUT2D eigenvalue weighted by Gasteiger charge is -2.32. The highest BCUT2D eigenvalue weighted by Gasteiger charge is 2.40. The third-order valence-electron chi connectivity index (χ3n) is 5.20. The number of halogens is 1. The molecule has 0 radical (unpaired) electrons. The number of ketones is 1. The molecule has 2 aromatic carbocycles. The predicted octanol–water partition coefficient (Wildman–Crippen LogP) is 2.15. The first-order valence-electron chi connectivity index (χ1n) is 9.71. The lowest BCUT2D eigenvalue weighted by molar-refractivity contribution is -0.124. The molecule has 0 spiro atoms. The molecule has 0 aliphatic heterocycles. The highest BCUT2D eigenvalue weighted by atomic mass is 35.5. The van der Waals surface area contributed by atoms with Gasteiger partial charge in [0.2, 0.25) is 5.78 Å². The van der Waals surface area contributed by atoms with Crippen molar-refractivity contribution < 1.29 is 33.0 Å². The van der Waals surface area contributed by atoms with E-state index in [4.69, 9.17) is 21.2 Å². The van der Waals surface area contributed by atoms with Gasteiger partial charge >= 0.3 is 0 Å². The van der Waals surface area contributed by atoms with Crippen LogP contribution in [0.1, 0.15) is 18.5 Å². The number of anilines is 1. The number of nitrogens with zero attached hydrogens (tertiary/aromatic N) is 1. The van der Waals surface area contributed by atoms with Crippen molar-refractivity contribution in [2.24, 2.45) is 0 Å². The summed E-state index contributed by atoms with van der Waals surface area (Å²) in [6, 6.07) is 9.54. The number of nitrogens with one attached hydrogen (secondary N) is 2. The summed E-state index contributed by atoms with van der Waals surface area (Å²) in [7, 11) is -0.452. The van der Waals surface area contributed by atoms with Crippen LogP contribution in [-0.4, -0.2) is 56.3 Å². The molecule has 0 amide bonds. The van der Waals surface area contributed by atoms with Crippen LogP contribution in [0, 0.1) is 0 Å². The Morgan fingerprint density at radius 3 is 2.55 bits per heavy atom. The number of hydrogen-bond acceptors (Lipinski definition) is 9. The van der Waals surface area contributed by atoms with Gasteiger partial charge in [-0.1, -0.05) is 28.2 Å². The van der Waals surface area contributed by atoms with Crippen LogP contribution in [-0.2, 0) is 19.7 Å². The van der Waals surface area contributed by atoms with Gasteiger partial charge in [0.25, 0.3) is 10.0 Å². The van der Waals surface area contributed by atoms with Crippen molar-refractivity contribution in [1.82, 2.24) is 9.79 Å². The lowest BCUT2D eigenvalue weighted by atomic mass is 9.93. The molecular formula is C21H24ClN3O7S. The second-order valence-electron chi connectivity index (χ2n) is 7.19. The molecule has 0 fully saturated rings. The van der Waals surface area contributed by atoms with Gasteiger partial charge in [0.1, 0.15) is 16.3 Å². The van der Waals surface area contributed by atoms with Gasteiger partial charge in [-0.3, -0.25) is 9.63 Å². The first kappa shape index (κ1) is 24.8. The summed E-state index contributed by atoms with van der Waals surface area (Å²) in [4.78, 5) is 16.5. The SMILES string of the molecule is COc1cccc([C@@H](C)NC2=C(Nc3ccc(Cl)c(S(=O)(=O)N(C)OC)c3O)C(=O)C2O)c1. The van der Waals surface area contributed by atoms with Crippen molar-refractivity contribution in [3.05, 3.63) is 58.4 Å². The molecular weight excluding hydrogens is 474 g/mol. The Hall–Kier alpha value is -2.83. The number of benzene rings is 2. The zero-order valence-electron chi connectivity index (χ0n) is 18.3. The second kappa shape index (κ2) is 9.57. The Labute approximate surface area is 196 Å². The van der Waals surface area contributed by atoms with E-state index in [2.05, 4.69) is 10.6 Å².